The second-order valence-electron chi connectivity index (χ2n) is 11.1. The number of amides is 1. The Hall–Kier alpha value is -4.68. The number of ketones is 1. The number of sulfone groups is 1. The average Bonchev–Trinajstić information content (AvgIpc) is 3.56. The Morgan fingerprint density at radius 1 is 0.977 bits per heavy atom. The molecule has 0 aliphatic carbocycles. The van der Waals surface area contributed by atoms with E-state index in [0.717, 1.165) is 46.5 Å². The van der Waals surface area contributed by atoms with E-state index >= 15 is 0 Å². The van der Waals surface area contributed by atoms with Crippen LogP contribution in [0.5, 0.6) is 0 Å². The zero-order valence-corrected chi connectivity index (χ0v) is 25.3. The highest BCUT2D eigenvalue weighted by atomic mass is 32.2. The number of benzene rings is 3. The number of rotatable bonds is 6. The third-order valence-corrected chi connectivity index (χ3v) is 10.4. The van der Waals surface area contributed by atoms with Crippen LogP contribution in [0.4, 0.5) is 10.8 Å². The third-order valence-electron chi connectivity index (χ3n) is 7.16. The highest BCUT2D eigenvalue weighted by Crippen LogP contribution is 2.44. The maximum Gasteiger partial charge on any atom is 0.301 e. The molecule has 0 bridgehead atoms. The second-order valence-corrected chi connectivity index (χ2v) is 14.3. The smallest absolute Gasteiger partial charge is 0.301 e. The van der Waals surface area contributed by atoms with Gasteiger partial charge in [-0.25, -0.2) is 13.4 Å². The monoisotopic (exact) mass is 617 g/mol. The molecule has 2 heterocycles. The first kappa shape index (κ1) is 29.8. The van der Waals surface area contributed by atoms with Crippen LogP contribution in [-0.2, 0) is 24.8 Å². The summed E-state index contributed by atoms with van der Waals surface area (Å²) in [6.07, 6.45) is 1.08. The van der Waals surface area contributed by atoms with Crippen LogP contribution in [0.3, 0.4) is 0 Å². The van der Waals surface area contributed by atoms with Crippen molar-refractivity contribution >= 4 is 49.4 Å². The van der Waals surface area contributed by atoms with Crippen molar-refractivity contribution in [3.05, 3.63) is 117 Å². The minimum atomic E-state index is -4.15. The molecular formula is C31H27N3O7S2. The molecule has 1 amide bonds. The second kappa shape index (κ2) is 10.9. The Bertz CT molecular complexity index is 1890. The minimum absolute atomic E-state index is 0.0598. The zero-order chi connectivity index (χ0) is 31.3. The standard InChI is InChI=1S/C31H27N3O7S2/c1-18-5-7-20(8-6-18)27(35)25-26(19-9-11-21(12-10-19)31(2,3)4)33(29(37)28(25)36)30-32-17-24(42-30)43(40,41)23-15-13-22(14-16-23)34(38)39/h5-17,26,35H,1-4H3/t26-/m1/s1. The zero-order valence-electron chi connectivity index (χ0n) is 23.6. The van der Waals surface area contributed by atoms with Gasteiger partial charge < -0.3 is 5.11 Å². The minimum Gasteiger partial charge on any atom is -0.507 e. The fourth-order valence-electron chi connectivity index (χ4n) is 4.73. The highest BCUT2D eigenvalue weighted by molar-refractivity contribution is 7.93. The molecule has 1 saturated heterocycles. The van der Waals surface area contributed by atoms with Crippen molar-refractivity contribution in [1.82, 2.24) is 4.98 Å². The van der Waals surface area contributed by atoms with Crippen LogP contribution in [0.15, 0.2) is 93.7 Å². The van der Waals surface area contributed by atoms with Gasteiger partial charge in [0.15, 0.2) is 5.13 Å². The fourth-order valence-corrected chi connectivity index (χ4v) is 7.27. The molecule has 43 heavy (non-hydrogen) atoms. The molecule has 1 fully saturated rings. The number of thiazole rings is 1. The van der Waals surface area contributed by atoms with E-state index in [0.29, 0.717) is 22.5 Å². The van der Waals surface area contributed by atoms with Crippen LogP contribution in [0, 0.1) is 17.0 Å². The number of anilines is 1. The summed E-state index contributed by atoms with van der Waals surface area (Å²) in [5, 5.41) is 22.3. The molecule has 4 aromatic rings. The van der Waals surface area contributed by atoms with Crippen LogP contribution >= 0.6 is 11.3 Å². The molecule has 0 radical (unpaired) electrons. The molecule has 1 atom stereocenters. The average molecular weight is 618 g/mol. The van der Waals surface area contributed by atoms with Gasteiger partial charge >= 0.3 is 5.91 Å². The number of hydrogen-bond acceptors (Lipinski definition) is 9. The van der Waals surface area contributed by atoms with Gasteiger partial charge in [-0.05, 0) is 35.6 Å². The Balaban J connectivity index is 1.63. The van der Waals surface area contributed by atoms with Crippen molar-refractivity contribution in [1.29, 1.82) is 0 Å². The summed E-state index contributed by atoms with van der Waals surface area (Å²) in [4.78, 5) is 42.5. The van der Waals surface area contributed by atoms with E-state index in [9.17, 15) is 33.2 Å². The van der Waals surface area contributed by atoms with Gasteiger partial charge in [0.05, 0.1) is 27.6 Å². The number of aromatic nitrogens is 1. The molecular weight excluding hydrogens is 590 g/mol. The molecule has 0 saturated carbocycles. The predicted molar refractivity (Wildman–Crippen MR) is 162 cm³/mol. The first-order chi connectivity index (χ1) is 20.2. The number of carbonyl (C=O) groups is 2. The van der Waals surface area contributed by atoms with Gasteiger partial charge in [-0.2, -0.15) is 0 Å². The van der Waals surface area contributed by atoms with Crippen molar-refractivity contribution in [3.63, 3.8) is 0 Å². The third kappa shape index (κ3) is 5.46. The summed E-state index contributed by atoms with van der Waals surface area (Å²) in [6.45, 7) is 8.03. The lowest BCUT2D eigenvalue weighted by Gasteiger charge is -2.24. The van der Waals surface area contributed by atoms with Gasteiger partial charge in [0, 0.05) is 17.7 Å². The van der Waals surface area contributed by atoms with Crippen molar-refractivity contribution in [2.75, 3.05) is 4.90 Å². The Labute approximate surface area is 252 Å². The van der Waals surface area contributed by atoms with Crippen LogP contribution in [0.25, 0.3) is 5.76 Å². The van der Waals surface area contributed by atoms with E-state index in [1.807, 2.05) is 39.8 Å². The topological polar surface area (TPSA) is 148 Å². The number of nitro benzene ring substituents is 1. The van der Waals surface area contributed by atoms with Crippen molar-refractivity contribution in [2.24, 2.45) is 0 Å². The number of aliphatic hydroxyl groups excluding tert-OH is 1. The Morgan fingerprint density at radius 2 is 1.58 bits per heavy atom. The molecule has 1 N–H and O–H groups in total. The highest BCUT2D eigenvalue weighted by Gasteiger charge is 2.48. The maximum absolute atomic E-state index is 13.5. The number of nitrogens with zero attached hydrogens (tertiary/aromatic N) is 3. The van der Waals surface area contributed by atoms with E-state index in [1.165, 1.54) is 0 Å². The van der Waals surface area contributed by atoms with E-state index in [4.69, 9.17) is 0 Å². The van der Waals surface area contributed by atoms with Crippen LogP contribution in [0.1, 0.15) is 49.1 Å². The molecule has 3 aromatic carbocycles. The van der Waals surface area contributed by atoms with Gasteiger partial charge in [-0.1, -0.05) is 86.2 Å². The predicted octanol–water partition coefficient (Wildman–Crippen LogP) is 6.12. The molecule has 10 nitrogen and oxygen atoms in total. The first-order valence-electron chi connectivity index (χ1n) is 13.1. The SMILES string of the molecule is Cc1ccc(C(O)=C2C(=O)C(=O)N(c3ncc(S(=O)(=O)c4ccc([N+](=O)[O-])cc4)s3)[C@@H]2c2ccc(C(C)(C)C)cc2)cc1. The summed E-state index contributed by atoms with van der Waals surface area (Å²) < 4.78 is 26.5. The van der Waals surface area contributed by atoms with Gasteiger partial charge in [0.1, 0.15) is 9.97 Å². The molecule has 12 heteroatoms. The number of carbonyl (C=O) groups excluding carboxylic acids is 2. The summed E-state index contributed by atoms with van der Waals surface area (Å²) in [7, 11) is -4.15. The molecule has 1 aliphatic heterocycles. The number of hydrogen-bond donors (Lipinski definition) is 1. The van der Waals surface area contributed by atoms with Crippen LogP contribution in [0.2, 0.25) is 0 Å². The lowest BCUT2D eigenvalue weighted by Crippen LogP contribution is -2.29. The lowest BCUT2D eigenvalue weighted by atomic mass is 9.85. The summed E-state index contributed by atoms with van der Waals surface area (Å²) in [6, 6.07) is 17.5. The van der Waals surface area contributed by atoms with E-state index in [-0.39, 0.29) is 36.7 Å². The van der Waals surface area contributed by atoms with Crippen molar-refractivity contribution in [2.45, 2.75) is 48.3 Å². The van der Waals surface area contributed by atoms with Crippen LogP contribution < -0.4 is 4.90 Å². The fraction of sp³-hybridized carbons (Fsp3) is 0.194. The van der Waals surface area contributed by atoms with Gasteiger partial charge in [-0.15, -0.1) is 0 Å². The molecule has 0 unspecified atom stereocenters. The number of Topliss-reactive ketones (excluding diaryl/α,β-unsaturated/α-hetero) is 1. The molecule has 5 rings (SSSR count). The molecule has 1 aliphatic rings. The van der Waals surface area contributed by atoms with E-state index in [1.54, 1.807) is 36.4 Å². The normalized spacial score (nSPS) is 16.9. The lowest BCUT2D eigenvalue weighted by molar-refractivity contribution is -0.384. The summed E-state index contributed by atoms with van der Waals surface area (Å²) in [5.74, 6) is -2.26. The molecule has 0 spiro atoms. The van der Waals surface area contributed by atoms with Crippen LogP contribution in [-0.4, -0.2) is 35.1 Å². The van der Waals surface area contributed by atoms with Crippen molar-refractivity contribution < 1.29 is 28.0 Å². The van der Waals surface area contributed by atoms with Crippen molar-refractivity contribution in [3.8, 4) is 0 Å². The quantitative estimate of drug-likeness (QED) is 0.0895. The first-order valence-corrected chi connectivity index (χ1v) is 15.4. The van der Waals surface area contributed by atoms with Gasteiger partial charge in [-0.3, -0.25) is 24.6 Å². The largest absolute Gasteiger partial charge is 0.507 e. The van der Waals surface area contributed by atoms with Gasteiger partial charge in [0.2, 0.25) is 9.84 Å². The number of nitro groups is 1. The molecule has 1 aromatic heterocycles. The Morgan fingerprint density at radius 3 is 2.14 bits per heavy atom. The number of non-ortho nitro benzene ring substituents is 1. The summed E-state index contributed by atoms with van der Waals surface area (Å²) >= 11 is 0.681. The van der Waals surface area contributed by atoms with E-state index in [2.05, 4.69) is 4.98 Å². The maximum atomic E-state index is 13.5. The van der Waals surface area contributed by atoms with Gasteiger partial charge in [0.25, 0.3) is 11.5 Å². The number of aliphatic hydroxyl groups is 1. The number of aryl methyl sites for hydroxylation is 1. The molecule has 220 valence electrons. The van der Waals surface area contributed by atoms with E-state index < -0.39 is 32.5 Å². The summed E-state index contributed by atoms with van der Waals surface area (Å²) in [5.41, 5.74) is 2.24. The Kier molecular flexibility index (Phi) is 7.53.